The summed E-state index contributed by atoms with van der Waals surface area (Å²) in [5.74, 6) is -0.00471. The van der Waals surface area contributed by atoms with Gasteiger partial charge in [-0.25, -0.2) is 4.39 Å². The Bertz CT molecular complexity index is 586. The summed E-state index contributed by atoms with van der Waals surface area (Å²) in [6.07, 6.45) is 0. The maximum absolute atomic E-state index is 13.9. The topological polar surface area (TPSA) is 41.5 Å². The molecule has 2 N–H and O–H groups in total. The van der Waals surface area contributed by atoms with Crippen LogP contribution < -0.4 is 10.1 Å². The van der Waals surface area contributed by atoms with Crippen molar-refractivity contribution < 1.29 is 14.2 Å². The lowest BCUT2D eigenvalue weighted by atomic mass is 10.1. The van der Waals surface area contributed by atoms with Crippen LogP contribution in [0.3, 0.4) is 0 Å². The molecule has 2 aromatic carbocycles. The molecule has 106 valence electrons. The van der Waals surface area contributed by atoms with E-state index in [0.29, 0.717) is 0 Å². The summed E-state index contributed by atoms with van der Waals surface area (Å²) in [5, 5.41) is 12.4. The summed E-state index contributed by atoms with van der Waals surface area (Å²) >= 11 is 0. The molecule has 0 heterocycles. The van der Waals surface area contributed by atoms with Crippen LogP contribution in [-0.4, -0.2) is 12.2 Å². The second-order valence-electron chi connectivity index (χ2n) is 4.66. The van der Waals surface area contributed by atoms with Crippen LogP contribution in [0.1, 0.15) is 24.1 Å². The Balaban J connectivity index is 2.07. The molecule has 3 nitrogen and oxygen atoms in total. The number of hydrogen-bond donors (Lipinski definition) is 2. The molecule has 0 amide bonds. The number of rotatable bonds is 5. The van der Waals surface area contributed by atoms with Crippen LogP contribution in [0.15, 0.2) is 42.5 Å². The van der Waals surface area contributed by atoms with Gasteiger partial charge in [-0.05, 0) is 49.4 Å². The molecule has 0 bridgehead atoms. The average molecular weight is 275 g/mol. The number of phenolic OH excluding ortho intramolecular Hbond substituents is 1. The Morgan fingerprint density at radius 3 is 2.70 bits per heavy atom. The van der Waals surface area contributed by atoms with Crippen LogP contribution in [0, 0.1) is 5.82 Å². The highest BCUT2D eigenvalue weighted by molar-refractivity contribution is 5.32. The van der Waals surface area contributed by atoms with E-state index in [4.69, 9.17) is 4.74 Å². The first-order valence-electron chi connectivity index (χ1n) is 6.47. The van der Waals surface area contributed by atoms with Gasteiger partial charge in [-0.2, -0.15) is 0 Å². The van der Waals surface area contributed by atoms with Crippen molar-refractivity contribution in [3.05, 3.63) is 59.4 Å². The number of nitrogens with one attached hydrogen (secondary N) is 1. The minimum atomic E-state index is -0.384. The third kappa shape index (κ3) is 3.48. The molecule has 0 aliphatic carbocycles. The number of halogens is 1. The van der Waals surface area contributed by atoms with Crippen molar-refractivity contribution in [2.24, 2.45) is 0 Å². The van der Waals surface area contributed by atoms with Crippen molar-refractivity contribution in [3.63, 3.8) is 0 Å². The van der Waals surface area contributed by atoms with Gasteiger partial charge < -0.3 is 15.2 Å². The molecule has 0 radical (unpaired) electrons. The van der Waals surface area contributed by atoms with E-state index in [1.54, 1.807) is 24.3 Å². The lowest BCUT2D eigenvalue weighted by molar-refractivity contribution is 0.289. The molecule has 20 heavy (non-hydrogen) atoms. The maximum Gasteiger partial charge on any atom is 0.165 e. The molecule has 0 aliphatic heterocycles. The molecular weight excluding hydrogens is 257 g/mol. The molecular formula is C16H18FNO2. The van der Waals surface area contributed by atoms with Crippen molar-refractivity contribution >= 4 is 0 Å². The smallest absolute Gasteiger partial charge is 0.165 e. The van der Waals surface area contributed by atoms with E-state index in [1.807, 2.05) is 26.1 Å². The van der Waals surface area contributed by atoms with Crippen molar-refractivity contribution in [2.75, 3.05) is 7.05 Å². The van der Waals surface area contributed by atoms with Crippen LogP contribution in [0.4, 0.5) is 4.39 Å². The van der Waals surface area contributed by atoms with E-state index in [1.165, 1.54) is 6.07 Å². The van der Waals surface area contributed by atoms with E-state index in [9.17, 15) is 9.50 Å². The monoisotopic (exact) mass is 275 g/mol. The molecule has 0 aliphatic rings. The SMILES string of the molecule is CNC(C)c1ccc(OCc2cccc(O)c2)c(F)c1. The van der Waals surface area contributed by atoms with Gasteiger partial charge in [0.05, 0.1) is 0 Å². The zero-order valence-corrected chi connectivity index (χ0v) is 11.6. The Kier molecular flexibility index (Phi) is 4.58. The minimum absolute atomic E-state index is 0.0876. The van der Waals surface area contributed by atoms with Gasteiger partial charge >= 0.3 is 0 Å². The van der Waals surface area contributed by atoms with Gasteiger partial charge in [0.15, 0.2) is 11.6 Å². The highest BCUT2D eigenvalue weighted by atomic mass is 19.1. The predicted molar refractivity (Wildman–Crippen MR) is 76.3 cm³/mol. The lowest BCUT2D eigenvalue weighted by Gasteiger charge is -2.13. The fraction of sp³-hybridized carbons (Fsp3) is 0.250. The van der Waals surface area contributed by atoms with Crippen LogP contribution >= 0.6 is 0 Å². The molecule has 0 fully saturated rings. The van der Waals surface area contributed by atoms with Crippen LogP contribution in [-0.2, 0) is 6.61 Å². The zero-order chi connectivity index (χ0) is 14.5. The maximum atomic E-state index is 13.9. The fourth-order valence-electron chi connectivity index (χ4n) is 1.88. The quantitative estimate of drug-likeness (QED) is 0.879. The van der Waals surface area contributed by atoms with Crippen LogP contribution in [0.25, 0.3) is 0 Å². The fourth-order valence-corrected chi connectivity index (χ4v) is 1.88. The third-order valence-electron chi connectivity index (χ3n) is 3.19. The van der Waals surface area contributed by atoms with E-state index >= 15 is 0 Å². The Labute approximate surface area is 118 Å². The molecule has 0 aromatic heterocycles. The van der Waals surface area contributed by atoms with E-state index in [0.717, 1.165) is 11.1 Å². The standard InChI is InChI=1S/C16H18FNO2/c1-11(18-2)13-6-7-16(15(17)9-13)20-10-12-4-3-5-14(19)8-12/h3-9,11,18-19H,10H2,1-2H3. The highest BCUT2D eigenvalue weighted by Crippen LogP contribution is 2.23. The molecule has 2 aromatic rings. The largest absolute Gasteiger partial charge is 0.508 e. The van der Waals surface area contributed by atoms with Crippen molar-refractivity contribution in [1.29, 1.82) is 0 Å². The van der Waals surface area contributed by atoms with E-state index in [2.05, 4.69) is 5.32 Å². The predicted octanol–water partition coefficient (Wildman–Crippen LogP) is 3.39. The average Bonchev–Trinajstić information content (AvgIpc) is 2.45. The van der Waals surface area contributed by atoms with Crippen LogP contribution in [0.2, 0.25) is 0 Å². The summed E-state index contributed by atoms with van der Waals surface area (Å²) < 4.78 is 19.4. The summed E-state index contributed by atoms with van der Waals surface area (Å²) in [4.78, 5) is 0. The molecule has 1 unspecified atom stereocenters. The molecule has 4 heteroatoms. The van der Waals surface area contributed by atoms with Gasteiger partial charge in [0.2, 0.25) is 0 Å². The normalized spacial score (nSPS) is 12.2. The van der Waals surface area contributed by atoms with Crippen molar-refractivity contribution in [1.82, 2.24) is 5.32 Å². The Morgan fingerprint density at radius 2 is 2.05 bits per heavy atom. The Hall–Kier alpha value is -2.07. The van der Waals surface area contributed by atoms with Gasteiger partial charge in [0.25, 0.3) is 0 Å². The van der Waals surface area contributed by atoms with Crippen LogP contribution in [0.5, 0.6) is 11.5 Å². The molecule has 0 saturated carbocycles. The zero-order valence-electron chi connectivity index (χ0n) is 11.6. The number of phenols is 1. The first kappa shape index (κ1) is 14.3. The first-order valence-corrected chi connectivity index (χ1v) is 6.47. The van der Waals surface area contributed by atoms with Gasteiger partial charge in [0.1, 0.15) is 12.4 Å². The van der Waals surface area contributed by atoms with Crippen molar-refractivity contribution in [2.45, 2.75) is 19.6 Å². The molecule has 2 rings (SSSR count). The third-order valence-corrected chi connectivity index (χ3v) is 3.19. The second kappa shape index (κ2) is 6.39. The molecule has 0 spiro atoms. The van der Waals surface area contributed by atoms with Gasteiger partial charge in [0, 0.05) is 6.04 Å². The lowest BCUT2D eigenvalue weighted by Crippen LogP contribution is -2.12. The first-order chi connectivity index (χ1) is 9.60. The minimum Gasteiger partial charge on any atom is -0.508 e. The second-order valence-corrected chi connectivity index (χ2v) is 4.66. The Morgan fingerprint density at radius 1 is 1.25 bits per heavy atom. The van der Waals surface area contributed by atoms with E-state index in [-0.39, 0.29) is 30.0 Å². The van der Waals surface area contributed by atoms with Gasteiger partial charge in [-0.3, -0.25) is 0 Å². The summed E-state index contributed by atoms with van der Waals surface area (Å²) in [6.45, 7) is 2.17. The highest BCUT2D eigenvalue weighted by Gasteiger charge is 2.09. The summed E-state index contributed by atoms with van der Waals surface area (Å²) in [6, 6.07) is 11.7. The number of ether oxygens (including phenoxy) is 1. The van der Waals surface area contributed by atoms with Gasteiger partial charge in [-0.15, -0.1) is 0 Å². The number of hydrogen-bond acceptors (Lipinski definition) is 3. The molecule has 0 saturated heterocycles. The number of benzene rings is 2. The van der Waals surface area contributed by atoms with Gasteiger partial charge in [-0.1, -0.05) is 18.2 Å². The van der Waals surface area contributed by atoms with Crippen molar-refractivity contribution in [3.8, 4) is 11.5 Å². The number of aromatic hydroxyl groups is 1. The summed E-state index contributed by atoms with van der Waals surface area (Å²) in [5.41, 5.74) is 1.66. The van der Waals surface area contributed by atoms with E-state index < -0.39 is 0 Å². The summed E-state index contributed by atoms with van der Waals surface area (Å²) in [7, 11) is 1.83. The molecule has 1 atom stereocenters.